The first kappa shape index (κ1) is 16.5. The minimum absolute atomic E-state index is 0.209. The molecule has 0 aliphatic heterocycles. The zero-order valence-corrected chi connectivity index (χ0v) is 14.0. The van der Waals surface area contributed by atoms with Crippen molar-refractivity contribution in [1.82, 2.24) is 9.29 Å². The van der Waals surface area contributed by atoms with Gasteiger partial charge >= 0.3 is 0 Å². The van der Waals surface area contributed by atoms with Crippen LogP contribution < -0.4 is 5.32 Å². The zero-order valence-electron chi connectivity index (χ0n) is 12.4. The van der Waals surface area contributed by atoms with E-state index in [0.29, 0.717) is 17.1 Å². The van der Waals surface area contributed by atoms with E-state index in [2.05, 4.69) is 10.3 Å². The van der Waals surface area contributed by atoms with Crippen molar-refractivity contribution in [2.45, 2.75) is 36.0 Å². The third kappa shape index (κ3) is 4.31. The van der Waals surface area contributed by atoms with E-state index >= 15 is 0 Å². The van der Waals surface area contributed by atoms with E-state index in [9.17, 15) is 8.42 Å². The van der Waals surface area contributed by atoms with Crippen LogP contribution in [0.3, 0.4) is 0 Å². The number of anilines is 1. The summed E-state index contributed by atoms with van der Waals surface area (Å²) in [5.41, 5.74) is 0. The topological polar surface area (TPSA) is 62.3 Å². The molecule has 0 aromatic carbocycles. The second kappa shape index (κ2) is 6.94. The molecule has 0 saturated heterocycles. The predicted molar refractivity (Wildman–Crippen MR) is 85.2 cm³/mol. The average Bonchev–Trinajstić information content (AvgIpc) is 2.47. The number of rotatable bonds is 5. The molecule has 1 heterocycles. The second-order valence-corrected chi connectivity index (χ2v) is 8.43. The number of nitrogens with zero attached hydrogens (tertiary/aromatic N) is 2. The molecule has 0 unspecified atom stereocenters. The van der Waals surface area contributed by atoms with Crippen molar-refractivity contribution >= 4 is 27.4 Å². The summed E-state index contributed by atoms with van der Waals surface area (Å²) in [6.07, 6.45) is 5.80. The average molecular weight is 332 g/mol. The minimum Gasteiger partial charge on any atom is -0.370 e. The van der Waals surface area contributed by atoms with E-state index in [4.69, 9.17) is 11.6 Å². The van der Waals surface area contributed by atoms with Gasteiger partial charge in [0.05, 0.1) is 0 Å². The molecule has 2 rings (SSSR count). The predicted octanol–water partition coefficient (Wildman–Crippen LogP) is 2.54. The van der Waals surface area contributed by atoms with Gasteiger partial charge in [-0.3, -0.25) is 0 Å². The van der Waals surface area contributed by atoms with E-state index in [0.717, 1.165) is 32.2 Å². The first-order valence-electron chi connectivity index (χ1n) is 7.16. The van der Waals surface area contributed by atoms with E-state index in [1.54, 1.807) is 12.1 Å². The van der Waals surface area contributed by atoms with Gasteiger partial charge in [-0.15, -0.1) is 11.6 Å². The van der Waals surface area contributed by atoms with Crippen LogP contribution in [0, 0.1) is 5.92 Å². The quantitative estimate of drug-likeness (QED) is 0.842. The molecule has 0 radical (unpaired) electrons. The highest BCUT2D eigenvalue weighted by molar-refractivity contribution is 7.89. The van der Waals surface area contributed by atoms with Gasteiger partial charge in [0, 0.05) is 32.2 Å². The molecule has 0 amide bonds. The fourth-order valence-electron chi connectivity index (χ4n) is 2.42. The molecule has 1 fully saturated rings. The van der Waals surface area contributed by atoms with Crippen molar-refractivity contribution in [2.75, 3.05) is 26.0 Å². The van der Waals surface area contributed by atoms with Gasteiger partial charge in [-0.2, -0.15) is 0 Å². The van der Waals surface area contributed by atoms with Crippen molar-refractivity contribution in [3.05, 3.63) is 18.3 Å². The third-order valence-corrected chi connectivity index (χ3v) is 6.10. The third-order valence-electron chi connectivity index (χ3n) is 3.86. The number of nitrogens with one attached hydrogen (secondary N) is 1. The van der Waals surface area contributed by atoms with Crippen LogP contribution in [-0.4, -0.2) is 43.7 Å². The van der Waals surface area contributed by atoms with Crippen molar-refractivity contribution in [3.63, 3.8) is 0 Å². The van der Waals surface area contributed by atoms with Gasteiger partial charge in [0.1, 0.15) is 10.7 Å². The van der Waals surface area contributed by atoms with E-state index < -0.39 is 10.0 Å². The maximum atomic E-state index is 11.9. The van der Waals surface area contributed by atoms with Crippen LogP contribution in [-0.2, 0) is 10.0 Å². The summed E-state index contributed by atoms with van der Waals surface area (Å²) in [4.78, 5) is 4.39. The number of hydrogen-bond acceptors (Lipinski definition) is 4. The molecule has 1 N–H and O–H groups in total. The molecule has 1 saturated carbocycles. The molecule has 1 aliphatic rings. The van der Waals surface area contributed by atoms with Crippen LogP contribution in [0.1, 0.15) is 25.7 Å². The first-order chi connectivity index (χ1) is 9.89. The van der Waals surface area contributed by atoms with Crippen molar-refractivity contribution < 1.29 is 8.42 Å². The van der Waals surface area contributed by atoms with Gasteiger partial charge in [-0.1, -0.05) is 0 Å². The van der Waals surface area contributed by atoms with E-state index in [-0.39, 0.29) is 4.90 Å². The lowest BCUT2D eigenvalue weighted by Crippen LogP contribution is -2.23. The lowest BCUT2D eigenvalue weighted by molar-refractivity contribution is 0.377. The lowest BCUT2D eigenvalue weighted by Gasteiger charge is -2.25. The summed E-state index contributed by atoms with van der Waals surface area (Å²) in [5, 5.41) is 3.60. The van der Waals surface area contributed by atoms with Gasteiger partial charge in [-0.05, 0) is 43.7 Å². The second-order valence-electron chi connectivity index (χ2n) is 5.67. The molecule has 118 valence electrons. The Hall–Kier alpha value is -0.850. The van der Waals surface area contributed by atoms with Crippen LogP contribution >= 0.6 is 11.6 Å². The number of pyridine rings is 1. The molecule has 1 aliphatic carbocycles. The highest BCUT2D eigenvalue weighted by atomic mass is 35.5. The fraction of sp³-hybridized carbons (Fsp3) is 0.643. The van der Waals surface area contributed by atoms with Gasteiger partial charge in [0.15, 0.2) is 0 Å². The molecule has 1 aromatic rings. The highest BCUT2D eigenvalue weighted by Gasteiger charge is 2.20. The van der Waals surface area contributed by atoms with Gasteiger partial charge < -0.3 is 5.32 Å². The molecule has 7 heteroatoms. The molecule has 5 nitrogen and oxygen atoms in total. The Labute approximate surface area is 131 Å². The Morgan fingerprint density at radius 1 is 1.29 bits per heavy atom. The van der Waals surface area contributed by atoms with Crippen LogP contribution in [0.4, 0.5) is 5.82 Å². The highest BCUT2D eigenvalue weighted by Crippen LogP contribution is 2.27. The minimum atomic E-state index is -3.41. The maximum Gasteiger partial charge on any atom is 0.244 e. The Morgan fingerprint density at radius 3 is 2.48 bits per heavy atom. The Morgan fingerprint density at radius 2 is 1.95 bits per heavy atom. The van der Waals surface area contributed by atoms with Crippen LogP contribution in [0.5, 0.6) is 0 Å². The van der Waals surface area contributed by atoms with Gasteiger partial charge in [0.2, 0.25) is 10.0 Å². The van der Waals surface area contributed by atoms with Gasteiger partial charge in [0.25, 0.3) is 0 Å². The van der Waals surface area contributed by atoms with Crippen molar-refractivity contribution in [1.29, 1.82) is 0 Å². The maximum absolute atomic E-state index is 11.9. The Bertz CT molecular complexity index is 552. The Kier molecular flexibility index (Phi) is 5.46. The first-order valence-corrected chi connectivity index (χ1v) is 9.04. The van der Waals surface area contributed by atoms with Crippen LogP contribution in [0.15, 0.2) is 23.2 Å². The molecular formula is C14H22ClN3O2S. The molecular weight excluding hydrogens is 310 g/mol. The van der Waals surface area contributed by atoms with Crippen molar-refractivity contribution in [3.8, 4) is 0 Å². The monoisotopic (exact) mass is 331 g/mol. The SMILES string of the molecule is CN(C)S(=O)(=O)c1ccc(NCC2CCC(Cl)CC2)nc1. The molecule has 0 bridgehead atoms. The largest absolute Gasteiger partial charge is 0.370 e. The normalized spacial score (nSPS) is 23.2. The smallest absolute Gasteiger partial charge is 0.244 e. The number of alkyl halides is 1. The van der Waals surface area contributed by atoms with Crippen LogP contribution in [0.2, 0.25) is 0 Å². The summed E-state index contributed by atoms with van der Waals surface area (Å²) in [5.74, 6) is 1.33. The molecule has 0 atom stereocenters. The standard InChI is InChI=1S/C14H22ClN3O2S/c1-18(2)21(19,20)13-7-8-14(17-10-13)16-9-11-3-5-12(15)6-4-11/h7-8,10-12H,3-6,9H2,1-2H3,(H,16,17). The molecule has 1 aromatic heterocycles. The van der Waals surface area contributed by atoms with E-state index in [1.165, 1.54) is 24.6 Å². The number of halogens is 1. The summed E-state index contributed by atoms with van der Waals surface area (Å²) in [6.45, 7) is 0.858. The van der Waals surface area contributed by atoms with Crippen molar-refractivity contribution in [2.24, 2.45) is 5.92 Å². The number of aromatic nitrogens is 1. The van der Waals surface area contributed by atoms with Crippen LogP contribution in [0.25, 0.3) is 0 Å². The summed E-state index contributed by atoms with van der Waals surface area (Å²) < 4.78 is 25.0. The summed E-state index contributed by atoms with van der Waals surface area (Å²) in [6, 6.07) is 3.30. The fourth-order valence-corrected chi connectivity index (χ4v) is 3.52. The molecule has 21 heavy (non-hydrogen) atoms. The van der Waals surface area contributed by atoms with Gasteiger partial charge in [-0.25, -0.2) is 17.7 Å². The number of hydrogen-bond donors (Lipinski definition) is 1. The number of sulfonamides is 1. The molecule has 0 spiro atoms. The summed E-state index contributed by atoms with van der Waals surface area (Å²) >= 11 is 6.09. The van der Waals surface area contributed by atoms with E-state index in [1.807, 2.05) is 0 Å². The lowest BCUT2D eigenvalue weighted by atomic mass is 9.89. The Balaban J connectivity index is 1.91. The zero-order chi connectivity index (χ0) is 15.5. The summed E-state index contributed by atoms with van der Waals surface area (Å²) in [7, 11) is -0.390.